The lowest BCUT2D eigenvalue weighted by atomic mass is 10.2. The monoisotopic (exact) mass is 369 g/mol. The number of anilines is 3. The number of hydrogen-bond acceptors (Lipinski definition) is 9. The molecule has 4 aromatic rings. The summed E-state index contributed by atoms with van der Waals surface area (Å²) >= 11 is 2.51. The van der Waals surface area contributed by atoms with E-state index < -0.39 is 0 Å². The fourth-order valence-corrected chi connectivity index (χ4v) is 3.42. The van der Waals surface area contributed by atoms with Crippen molar-refractivity contribution in [3.8, 4) is 0 Å². The van der Waals surface area contributed by atoms with Crippen LogP contribution in [0.1, 0.15) is 5.69 Å². The van der Waals surface area contributed by atoms with Crippen LogP contribution in [0.5, 0.6) is 0 Å². The number of hydrogen-bond donors (Lipinski definition) is 2. The van der Waals surface area contributed by atoms with Crippen LogP contribution in [0.15, 0.2) is 42.0 Å². The topological polar surface area (TPSA) is 106 Å². The molecule has 8 nitrogen and oxygen atoms in total. The smallest absolute Gasteiger partial charge is 0.230 e. The molecule has 0 radical (unpaired) electrons. The van der Waals surface area contributed by atoms with Crippen LogP contribution in [0.4, 0.5) is 16.8 Å². The highest BCUT2D eigenvalue weighted by atomic mass is 32.1. The molecule has 0 aliphatic rings. The van der Waals surface area contributed by atoms with Crippen molar-refractivity contribution in [3.63, 3.8) is 0 Å². The zero-order valence-electron chi connectivity index (χ0n) is 12.7. The number of carbonyl (C=O) groups is 1. The summed E-state index contributed by atoms with van der Waals surface area (Å²) in [6.07, 6.45) is 3.46. The summed E-state index contributed by atoms with van der Waals surface area (Å²) in [7, 11) is 0. The highest BCUT2D eigenvalue weighted by molar-refractivity contribution is 7.13. The first-order valence-electron chi connectivity index (χ1n) is 7.27. The molecule has 0 aliphatic carbocycles. The van der Waals surface area contributed by atoms with Crippen LogP contribution in [-0.4, -0.2) is 29.6 Å². The van der Waals surface area contributed by atoms with Crippen LogP contribution in [0, 0.1) is 0 Å². The Bertz CT molecular complexity index is 1010. The maximum atomic E-state index is 12.3. The molecule has 0 spiro atoms. The lowest BCUT2D eigenvalue weighted by Crippen LogP contribution is -2.14. The maximum absolute atomic E-state index is 12.3. The van der Waals surface area contributed by atoms with Crippen molar-refractivity contribution in [2.75, 3.05) is 10.6 Å². The third-order valence-electron chi connectivity index (χ3n) is 3.24. The number of nitrogens with zero attached hydrogens (tertiary/aromatic N) is 5. The molecule has 0 aliphatic heterocycles. The summed E-state index contributed by atoms with van der Waals surface area (Å²) in [5.41, 5.74) is 2.79. The van der Waals surface area contributed by atoms with Crippen LogP contribution in [0.3, 0.4) is 0 Å². The van der Waals surface area contributed by atoms with E-state index in [-0.39, 0.29) is 12.3 Å². The molecule has 0 saturated carbocycles. The zero-order valence-corrected chi connectivity index (χ0v) is 14.3. The minimum Gasteiger partial charge on any atom is -0.324 e. The largest absolute Gasteiger partial charge is 0.324 e. The first-order chi connectivity index (χ1) is 12.3. The van der Waals surface area contributed by atoms with Gasteiger partial charge in [-0.25, -0.2) is 15.0 Å². The van der Waals surface area contributed by atoms with E-state index in [1.165, 1.54) is 11.3 Å². The van der Waals surface area contributed by atoms with Gasteiger partial charge in [-0.2, -0.15) is 8.75 Å². The number of amides is 1. The van der Waals surface area contributed by atoms with Gasteiger partial charge >= 0.3 is 0 Å². The van der Waals surface area contributed by atoms with Gasteiger partial charge in [0.25, 0.3) is 0 Å². The van der Waals surface area contributed by atoms with Gasteiger partial charge in [-0.15, -0.1) is 11.3 Å². The van der Waals surface area contributed by atoms with Gasteiger partial charge in [0, 0.05) is 17.8 Å². The van der Waals surface area contributed by atoms with Crippen LogP contribution >= 0.6 is 23.1 Å². The summed E-state index contributed by atoms with van der Waals surface area (Å²) < 4.78 is 8.37. The minimum atomic E-state index is -0.159. The van der Waals surface area contributed by atoms with Gasteiger partial charge in [0.1, 0.15) is 11.0 Å². The Morgan fingerprint density at radius 1 is 1.12 bits per heavy atom. The standard InChI is InChI=1S/C15H11N7OS2/c23-12(19-10-3-1-4-11-13(10)22-25-21-11)7-9-8-24-15(18-9)20-14-16-5-2-6-17-14/h1-6,8H,7H2,(H,19,23)(H,16,17,18,20). The van der Waals surface area contributed by atoms with Crippen molar-refractivity contribution in [1.82, 2.24) is 23.7 Å². The van der Waals surface area contributed by atoms with E-state index in [2.05, 4.69) is 34.3 Å². The predicted molar refractivity (Wildman–Crippen MR) is 97.2 cm³/mol. The predicted octanol–water partition coefficient (Wildman–Crippen LogP) is 2.86. The minimum absolute atomic E-state index is 0.159. The molecule has 1 aromatic carbocycles. The number of fused-ring (bicyclic) bond motifs is 1. The fraction of sp³-hybridized carbons (Fsp3) is 0.0667. The fourth-order valence-electron chi connectivity index (χ4n) is 2.17. The Labute approximate surface area is 150 Å². The third kappa shape index (κ3) is 3.59. The van der Waals surface area contributed by atoms with Gasteiger partial charge in [0.15, 0.2) is 5.13 Å². The Hall–Kier alpha value is -2.98. The van der Waals surface area contributed by atoms with Gasteiger partial charge in [0.05, 0.1) is 29.5 Å². The summed E-state index contributed by atoms with van der Waals surface area (Å²) in [5, 5.41) is 8.34. The first-order valence-corrected chi connectivity index (χ1v) is 8.88. The number of aromatic nitrogens is 5. The van der Waals surface area contributed by atoms with E-state index in [1.54, 1.807) is 18.5 Å². The molecule has 3 heterocycles. The quantitative estimate of drug-likeness (QED) is 0.557. The molecule has 4 rings (SSSR count). The molecular formula is C15H11N7OS2. The van der Waals surface area contributed by atoms with E-state index in [1.807, 2.05) is 23.6 Å². The summed E-state index contributed by atoms with van der Waals surface area (Å²) in [4.78, 5) is 24.8. The van der Waals surface area contributed by atoms with Crippen LogP contribution in [0.25, 0.3) is 11.0 Å². The summed E-state index contributed by atoms with van der Waals surface area (Å²) in [6, 6.07) is 7.24. The number of nitrogens with one attached hydrogen (secondary N) is 2. The molecule has 0 saturated heterocycles. The average molecular weight is 369 g/mol. The first kappa shape index (κ1) is 15.5. The molecule has 1 amide bonds. The molecule has 124 valence electrons. The second-order valence-electron chi connectivity index (χ2n) is 5.00. The maximum Gasteiger partial charge on any atom is 0.230 e. The van der Waals surface area contributed by atoms with E-state index >= 15 is 0 Å². The summed E-state index contributed by atoms with van der Waals surface area (Å²) in [5.74, 6) is 0.309. The molecule has 10 heteroatoms. The highest BCUT2D eigenvalue weighted by Gasteiger charge is 2.11. The van der Waals surface area contributed by atoms with Gasteiger partial charge in [-0.05, 0) is 18.2 Å². The van der Waals surface area contributed by atoms with Crippen molar-refractivity contribution in [2.45, 2.75) is 6.42 Å². The van der Waals surface area contributed by atoms with Crippen molar-refractivity contribution in [2.24, 2.45) is 0 Å². The number of rotatable bonds is 5. The Morgan fingerprint density at radius 2 is 2.00 bits per heavy atom. The molecular weight excluding hydrogens is 358 g/mol. The Kier molecular flexibility index (Phi) is 4.27. The van der Waals surface area contributed by atoms with E-state index in [4.69, 9.17) is 0 Å². The lowest BCUT2D eigenvalue weighted by Gasteiger charge is -2.04. The Morgan fingerprint density at radius 3 is 2.88 bits per heavy atom. The van der Waals surface area contributed by atoms with Gasteiger partial charge < -0.3 is 10.6 Å². The van der Waals surface area contributed by atoms with Gasteiger partial charge in [-0.1, -0.05) is 6.07 Å². The van der Waals surface area contributed by atoms with E-state index in [9.17, 15) is 4.79 Å². The third-order valence-corrected chi connectivity index (χ3v) is 4.59. The van der Waals surface area contributed by atoms with Crippen LogP contribution < -0.4 is 10.6 Å². The molecule has 0 unspecified atom stereocenters. The SMILES string of the molecule is O=C(Cc1csc(Nc2ncccn2)n1)Nc1cccc2nsnc12. The Balaban J connectivity index is 1.42. The molecule has 2 N–H and O–H groups in total. The number of thiazole rings is 1. The normalized spacial score (nSPS) is 10.7. The molecule has 3 aromatic heterocycles. The molecule has 0 atom stereocenters. The van der Waals surface area contributed by atoms with Crippen LogP contribution in [-0.2, 0) is 11.2 Å². The van der Waals surface area contributed by atoms with Crippen molar-refractivity contribution in [1.29, 1.82) is 0 Å². The highest BCUT2D eigenvalue weighted by Crippen LogP contribution is 2.22. The van der Waals surface area contributed by atoms with Crippen molar-refractivity contribution >= 4 is 56.8 Å². The van der Waals surface area contributed by atoms with Crippen molar-refractivity contribution < 1.29 is 4.79 Å². The van der Waals surface area contributed by atoms with E-state index in [0.717, 1.165) is 17.2 Å². The number of benzene rings is 1. The van der Waals surface area contributed by atoms with Gasteiger partial charge in [0.2, 0.25) is 11.9 Å². The van der Waals surface area contributed by atoms with E-state index in [0.29, 0.717) is 28.0 Å². The lowest BCUT2D eigenvalue weighted by molar-refractivity contribution is -0.115. The summed E-state index contributed by atoms with van der Waals surface area (Å²) in [6.45, 7) is 0. The molecule has 0 fully saturated rings. The second kappa shape index (κ2) is 6.87. The molecule has 0 bridgehead atoms. The zero-order chi connectivity index (χ0) is 17.1. The van der Waals surface area contributed by atoms with Gasteiger partial charge in [-0.3, -0.25) is 4.79 Å². The number of carbonyl (C=O) groups excluding carboxylic acids is 1. The average Bonchev–Trinajstić information content (AvgIpc) is 3.26. The van der Waals surface area contributed by atoms with Crippen LogP contribution in [0.2, 0.25) is 0 Å². The molecule has 25 heavy (non-hydrogen) atoms. The second-order valence-corrected chi connectivity index (χ2v) is 6.39. The van der Waals surface area contributed by atoms with Crippen molar-refractivity contribution in [3.05, 3.63) is 47.7 Å².